The highest BCUT2D eigenvalue weighted by Gasteiger charge is 2.51. The van der Waals surface area contributed by atoms with Gasteiger partial charge in [0.1, 0.15) is 0 Å². The van der Waals surface area contributed by atoms with Gasteiger partial charge in [0.25, 0.3) is 0 Å². The Hall–Kier alpha value is -1.61. The first kappa shape index (κ1) is 23.1. The molecule has 0 spiro atoms. The summed E-state index contributed by atoms with van der Waals surface area (Å²) in [6, 6.07) is 10.0. The fourth-order valence-electron chi connectivity index (χ4n) is 3.88. The SMILES string of the molecule is CN(C)CC1CCOC(c2ccc(Cl)cc2)(S(=O)(=O)c2cccc(C(F)(F)F)c2)C1. The third-order valence-corrected chi connectivity index (χ3v) is 7.75. The zero-order valence-electron chi connectivity index (χ0n) is 16.6. The van der Waals surface area contributed by atoms with E-state index in [0.29, 0.717) is 29.6 Å². The lowest BCUT2D eigenvalue weighted by Crippen LogP contribution is -2.46. The predicted molar refractivity (Wildman–Crippen MR) is 109 cm³/mol. The maximum atomic E-state index is 13.8. The Labute approximate surface area is 179 Å². The van der Waals surface area contributed by atoms with Crippen LogP contribution in [0.1, 0.15) is 24.0 Å². The highest BCUT2D eigenvalue weighted by molar-refractivity contribution is 7.92. The topological polar surface area (TPSA) is 46.6 Å². The number of halogens is 4. The van der Waals surface area contributed by atoms with Gasteiger partial charge in [-0.2, -0.15) is 13.2 Å². The molecule has 0 radical (unpaired) electrons. The van der Waals surface area contributed by atoms with Gasteiger partial charge in [-0.15, -0.1) is 0 Å². The van der Waals surface area contributed by atoms with Crippen molar-refractivity contribution < 1.29 is 26.3 Å². The van der Waals surface area contributed by atoms with Crippen LogP contribution in [0.5, 0.6) is 0 Å². The molecule has 0 aliphatic carbocycles. The monoisotopic (exact) mass is 461 g/mol. The molecule has 4 nitrogen and oxygen atoms in total. The molecule has 1 heterocycles. The van der Waals surface area contributed by atoms with E-state index in [1.165, 1.54) is 6.07 Å². The molecule has 1 fully saturated rings. The van der Waals surface area contributed by atoms with E-state index in [1.54, 1.807) is 24.3 Å². The van der Waals surface area contributed by atoms with Crippen molar-refractivity contribution in [3.63, 3.8) is 0 Å². The molecule has 2 atom stereocenters. The summed E-state index contributed by atoms with van der Waals surface area (Å²) in [7, 11) is -0.546. The largest absolute Gasteiger partial charge is 0.416 e. The van der Waals surface area contributed by atoms with E-state index in [1.807, 2.05) is 19.0 Å². The fraction of sp³-hybridized carbons (Fsp3) is 0.429. The minimum atomic E-state index is -4.65. The van der Waals surface area contributed by atoms with Crippen LogP contribution < -0.4 is 0 Å². The number of alkyl halides is 3. The van der Waals surface area contributed by atoms with E-state index in [4.69, 9.17) is 16.3 Å². The molecule has 9 heteroatoms. The predicted octanol–water partition coefficient (Wildman–Crippen LogP) is 4.97. The Balaban J connectivity index is 2.16. The lowest BCUT2D eigenvalue weighted by molar-refractivity contribution is -0.137. The smallest absolute Gasteiger partial charge is 0.354 e. The van der Waals surface area contributed by atoms with Crippen LogP contribution in [0, 0.1) is 5.92 Å². The van der Waals surface area contributed by atoms with E-state index in [9.17, 15) is 21.6 Å². The van der Waals surface area contributed by atoms with Gasteiger partial charge in [-0.3, -0.25) is 0 Å². The molecular weight excluding hydrogens is 439 g/mol. The van der Waals surface area contributed by atoms with Crippen LogP contribution in [-0.2, 0) is 25.7 Å². The number of hydrogen-bond acceptors (Lipinski definition) is 4. The lowest BCUT2D eigenvalue weighted by atomic mass is 9.91. The average molecular weight is 462 g/mol. The highest BCUT2D eigenvalue weighted by Crippen LogP contribution is 2.46. The second-order valence-electron chi connectivity index (χ2n) is 7.76. The number of ether oxygens (including phenoxy) is 1. The summed E-state index contributed by atoms with van der Waals surface area (Å²) in [4.78, 5) is -0.252. The normalized spacial score (nSPS) is 23.0. The molecule has 2 unspecified atom stereocenters. The van der Waals surface area contributed by atoms with Gasteiger partial charge in [-0.1, -0.05) is 29.8 Å². The molecular formula is C21H23ClF3NO3S. The van der Waals surface area contributed by atoms with E-state index in [-0.39, 0.29) is 18.9 Å². The second kappa shape index (κ2) is 8.49. The first-order valence-corrected chi connectivity index (χ1v) is 11.3. The van der Waals surface area contributed by atoms with Crippen molar-refractivity contribution in [1.29, 1.82) is 0 Å². The summed E-state index contributed by atoms with van der Waals surface area (Å²) in [6.07, 6.45) is -3.86. The van der Waals surface area contributed by atoms with Crippen molar-refractivity contribution >= 4 is 21.4 Å². The van der Waals surface area contributed by atoms with Gasteiger partial charge >= 0.3 is 6.18 Å². The van der Waals surface area contributed by atoms with Crippen molar-refractivity contribution in [3.8, 4) is 0 Å². The molecule has 1 aliphatic rings. The number of sulfone groups is 1. The quantitative estimate of drug-likeness (QED) is 0.630. The fourth-order valence-corrected chi connectivity index (χ4v) is 6.07. The molecule has 164 valence electrons. The minimum absolute atomic E-state index is 0.00926. The number of rotatable bonds is 5. The van der Waals surface area contributed by atoms with Gasteiger partial charge in [0.15, 0.2) is 4.93 Å². The van der Waals surface area contributed by atoms with Gasteiger partial charge < -0.3 is 9.64 Å². The molecule has 1 aliphatic heterocycles. The Morgan fingerprint density at radius 3 is 2.43 bits per heavy atom. The van der Waals surface area contributed by atoms with E-state index in [2.05, 4.69) is 0 Å². The van der Waals surface area contributed by atoms with Gasteiger partial charge in [-0.25, -0.2) is 8.42 Å². The van der Waals surface area contributed by atoms with Crippen molar-refractivity contribution in [2.75, 3.05) is 27.2 Å². The number of hydrogen-bond donors (Lipinski definition) is 0. The van der Waals surface area contributed by atoms with Crippen LogP contribution in [0.4, 0.5) is 13.2 Å². The number of benzene rings is 2. The molecule has 0 N–H and O–H groups in total. The summed E-state index contributed by atoms with van der Waals surface area (Å²) in [6.45, 7) is 0.816. The molecule has 1 saturated heterocycles. The van der Waals surface area contributed by atoms with Crippen molar-refractivity contribution in [3.05, 3.63) is 64.7 Å². The average Bonchev–Trinajstić information content (AvgIpc) is 2.67. The molecule has 30 heavy (non-hydrogen) atoms. The first-order chi connectivity index (χ1) is 14.0. The first-order valence-electron chi connectivity index (χ1n) is 9.42. The van der Waals surface area contributed by atoms with Crippen LogP contribution in [-0.4, -0.2) is 40.6 Å². The number of nitrogens with zero attached hydrogens (tertiary/aromatic N) is 1. The summed E-state index contributed by atoms with van der Waals surface area (Å²) >= 11 is 5.97. The summed E-state index contributed by atoms with van der Waals surface area (Å²) in [5.41, 5.74) is -0.664. The molecule has 2 aromatic carbocycles. The van der Waals surface area contributed by atoms with Crippen LogP contribution in [0.25, 0.3) is 0 Å². The molecule has 0 bridgehead atoms. The van der Waals surface area contributed by atoms with Crippen LogP contribution in [0.15, 0.2) is 53.4 Å². The summed E-state index contributed by atoms with van der Waals surface area (Å²) in [5, 5.41) is 0.422. The van der Waals surface area contributed by atoms with Crippen LogP contribution in [0.2, 0.25) is 5.02 Å². The minimum Gasteiger partial charge on any atom is -0.354 e. The van der Waals surface area contributed by atoms with Crippen LogP contribution in [0.3, 0.4) is 0 Å². The van der Waals surface area contributed by atoms with Gasteiger partial charge in [0, 0.05) is 18.2 Å². The van der Waals surface area contributed by atoms with E-state index < -0.39 is 31.4 Å². The van der Waals surface area contributed by atoms with E-state index >= 15 is 0 Å². The summed E-state index contributed by atoms with van der Waals surface area (Å²) in [5.74, 6) is -0.00926. The molecule has 0 amide bonds. The molecule has 0 saturated carbocycles. The molecule has 2 aromatic rings. The molecule has 0 aromatic heterocycles. The maximum Gasteiger partial charge on any atom is 0.416 e. The summed E-state index contributed by atoms with van der Waals surface area (Å²) < 4.78 is 73.1. The third-order valence-electron chi connectivity index (χ3n) is 5.23. The van der Waals surface area contributed by atoms with Gasteiger partial charge in [0.2, 0.25) is 9.84 Å². The zero-order valence-corrected chi connectivity index (χ0v) is 18.2. The molecule has 3 rings (SSSR count). The van der Waals surface area contributed by atoms with Gasteiger partial charge in [0.05, 0.1) is 10.5 Å². The third kappa shape index (κ3) is 4.51. The Kier molecular flexibility index (Phi) is 6.53. The Bertz CT molecular complexity index is 993. The lowest BCUT2D eigenvalue weighted by Gasteiger charge is -2.41. The standard InChI is InChI=1S/C21H23ClF3NO3S/c1-26(2)14-15-10-11-29-20(13-15,16-6-8-18(22)9-7-16)30(27,28)19-5-3-4-17(12-19)21(23,24)25/h3-9,12,15H,10-11,13-14H2,1-2H3. The van der Waals surface area contributed by atoms with Crippen molar-refractivity contribution in [1.82, 2.24) is 4.90 Å². The Morgan fingerprint density at radius 1 is 1.17 bits per heavy atom. The highest BCUT2D eigenvalue weighted by atomic mass is 35.5. The zero-order chi connectivity index (χ0) is 22.2. The maximum absolute atomic E-state index is 13.8. The van der Waals surface area contributed by atoms with Gasteiger partial charge in [-0.05, 0) is 68.8 Å². The van der Waals surface area contributed by atoms with E-state index in [0.717, 1.165) is 12.1 Å². The van der Waals surface area contributed by atoms with Crippen molar-refractivity contribution in [2.24, 2.45) is 5.92 Å². The Morgan fingerprint density at radius 2 is 1.83 bits per heavy atom. The second-order valence-corrected chi connectivity index (χ2v) is 10.3. The van der Waals surface area contributed by atoms with Crippen LogP contribution >= 0.6 is 11.6 Å². The van der Waals surface area contributed by atoms with Crippen molar-refractivity contribution in [2.45, 2.75) is 28.8 Å².